The molecule has 1 aliphatic rings. The Kier molecular flexibility index (Phi) is 4.94. The Labute approximate surface area is 172 Å². The van der Waals surface area contributed by atoms with Crippen LogP contribution in [0.3, 0.4) is 0 Å². The third-order valence-electron chi connectivity index (χ3n) is 5.45. The maximum Gasteiger partial charge on any atom is 0.350 e. The monoisotopic (exact) mass is 403 g/mol. The predicted molar refractivity (Wildman–Crippen MR) is 114 cm³/mol. The maximum atomic E-state index is 12.6. The molecule has 0 N–H and O–H groups in total. The first kappa shape index (κ1) is 18.2. The molecule has 2 heterocycles. The van der Waals surface area contributed by atoms with Gasteiger partial charge in [0.05, 0.1) is 0 Å². The topological polar surface area (TPSA) is 60.9 Å². The fraction of sp³-hybridized carbons (Fsp3) is 0.261. The van der Waals surface area contributed by atoms with E-state index in [0.29, 0.717) is 16.5 Å². The van der Waals surface area contributed by atoms with E-state index in [4.69, 9.17) is 4.42 Å². The van der Waals surface area contributed by atoms with Crippen LogP contribution in [0, 0.1) is 0 Å². The van der Waals surface area contributed by atoms with Gasteiger partial charge in [0.2, 0.25) is 0 Å². The molecule has 0 spiro atoms. The number of nitrogens with zero attached hydrogens (tertiary/aromatic N) is 3. The normalized spacial score (nSPS) is 15.0. The van der Waals surface area contributed by atoms with Gasteiger partial charge >= 0.3 is 5.63 Å². The molecule has 1 saturated carbocycles. The number of para-hydroxylation sites is 1. The van der Waals surface area contributed by atoms with Crippen LogP contribution in [0.1, 0.15) is 38.1 Å². The summed E-state index contributed by atoms with van der Waals surface area (Å²) in [6, 6.07) is 19.9. The summed E-state index contributed by atoms with van der Waals surface area (Å²) in [5, 5.41) is 10.6. The van der Waals surface area contributed by atoms with Gasteiger partial charge in [-0.2, -0.15) is 0 Å². The largest absolute Gasteiger partial charge is 0.422 e. The zero-order valence-electron chi connectivity index (χ0n) is 16.0. The number of hydrogen-bond acceptors (Lipinski definition) is 5. The average molecular weight is 404 g/mol. The SMILES string of the molecule is O=c1oc2ccccc2cc1Sc1nnc(-c2ccccc2)n1C1CCCCC1. The van der Waals surface area contributed by atoms with Crippen molar-refractivity contribution in [2.75, 3.05) is 0 Å². The van der Waals surface area contributed by atoms with Crippen molar-refractivity contribution in [3.8, 4) is 11.4 Å². The molecule has 1 aliphatic carbocycles. The second-order valence-corrected chi connectivity index (χ2v) is 8.38. The van der Waals surface area contributed by atoms with Crippen LogP contribution in [0.2, 0.25) is 0 Å². The summed E-state index contributed by atoms with van der Waals surface area (Å²) in [6.45, 7) is 0. The van der Waals surface area contributed by atoms with Gasteiger partial charge in [-0.25, -0.2) is 4.79 Å². The van der Waals surface area contributed by atoms with Gasteiger partial charge in [0.1, 0.15) is 10.5 Å². The van der Waals surface area contributed by atoms with Gasteiger partial charge in [-0.3, -0.25) is 4.57 Å². The standard InChI is InChI=1S/C23H21N3O2S/c27-22-20(15-17-11-7-8-14-19(17)28-22)29-23-25-24-21(16-9-3-1-4-10-16)26(23)18-12-5-2-6-13-18/h1,3-4,7-11,14-15,18H,2,5-6,12-13H2. The van der Waals surface area contributed by atoms with Crippen molar-refractivity contribution in [2.24, 2.45) is 0 Å². The van der Waals surface area contributed by atoms with E-state index in [1.165, 1.54) is 31.0 Å². The average Bonchev–Trinajstić information content (AvgIpc) is 3.19. The van der Waals surface area contributed by atoms with E-state index in [2.05, 4.69) is 26.9 Å². The first-order valence-corrected chi connectivity index (χ1v) is 10.8. The molecule has 5 rings (SSSR count). The van der Waals surface area contributed by atoms with Gasteiger partial charge in [0, 0.05) is 17.0 Å². The predicted octanol–water partition coefficient (Wildman–Crippen LogP) is 5.71. The van der Waals surface area contributed by atoms with Crippen molar-refractivity contribution in [1.82, 2.24) is 14.8 Å². The quantitative estimate of drug-likeness (QED) is 0.409. The fourth-order valence-corrected chi connectivity index (χ4v) is 4.93. The first-order valence-electron chi connectivity index (χ1n) is 10.0. The van der Waals surface area contributed by atoms with Crippen molar-refractivity contribution in [3.05, 3.63) is 71.1 Å². The molecular weight excluding hydrogens is 382 g/mol. The summed E-state index contributed by atoms with van der Waals surface area (Å²) in [7, 11) is 0. The van der Waals surface area contributed by atoms with Crippen LogP contribution in [0.4, 0.5) is 0 Å². The van der Waals surface area contributed by atoms with Crippen LogP contribution < -0.4 is 5.63 Å². The second kappa shape index (κ2) is 7.87. The van der Waals surface area contributed by atoms with E-state index >= 15 is 0 Å². The number of benzene rings is 2. The Morgan fingerprint density at radius 1 is 0.931 bits per heavy atom. The Bertz CT molecular complexity index is 1190. The molecule has 0 unspecified atom stereocenters. The van der Waals surface area contributed by atoms with Crippen molar-refractivity contribution in [2.45, 2.75) is 48.2 Å². The highest BCUT2D eigenvalue weighted by Crippen LogP contribution is 2.37. The van der Waals surface area contributed by atoms with Crippen molar-refractivity contribution >= 4 is 22.7 Å². The number of hydrogen-bond donors (Lipinski definition) is 0. The van der Waals surface area contributed by atoms with Gasteiger partial charge in [0.15, 0.2) is 11.0 Å². The fourth-order valence-electron chi connectivity index (χ4n) is 4.01. The van der Waals surface area contributed by atoms with Crippen molar-refractivity contribution in [3.63, 3.8) is 0 Å². The van der Waals surface area contributed by atoms with Gasteiger partial charge in [0.25, 0.3) is 0 Å². The second-order valence-electron chi connectivity index (χ2n) is 7.37. The summed E-state index contributed by atoms with van der Waals surface area (Å²) < 4.78 is 7.74. The highest BCUT2D eigenvalue weighted by atomic mass is 32.2. The number of fused-ring (bicyclic) bond motifs is 1. The molecule has 0 atom stereocenters. The molecule has 5 nitrogen and oxygen atoms in total. The summed E-state index contributed by atoms with van der Waals surface area (Å²) in [5.74, 6) is 0.866. The molecular formula is C23H21N3O2S. The van der Waals surface area contributed by atoms with Gasteiger partial charge in [-0.05, 0) is 36.7 Å². The molecule has 0 radical (unpaired) electrons. The van der Waals surface area contributed by atoms with Gasteiger partial charge < -0.3 is 4.42 Å². The summed E-state index contributed by atoms with van der Waals surface area (Å²) in [6.07, 6.45) is 5.91. The highest BCUT2D eigenvalue weighted by molar-refractivity contribution is 7.99. The summed E-state index contributed by atoms with van der Waals surface area (Å²) in [4.78, 5) is 13.1. The molecule has 6 heteroatoms. The lowest BCUT2D eigenvalue weighted by Crippen LogP contribution is -2.15. The van der Waals surface area contributed by atoms with Crippen molar-refractivity contribution in [1.29, 1.82) is 0 Å². The number of aromatic nitrogens is 3. The van der Waals surface area contributed by atoms with Gasteiger partial charge in [-0.1, -0.05) is 67.8 Å². The number of rotatable bonds is 4. The van der Waals surface area contributed by atoms with Crippen molar-refractivity contribution < 1.29 is 4.42 Å². The molecule has 0 bridgehead atoms. The zero-order valence-corrected chi connectivity index (χ0v) is 16.8. The van der Waals surface area contributed by atoms with Crippen LogP contribution in [0.15, 0.2) is 79.9 Å². The lowest BCUT2D eigenvalue weighted by Gasteiger charge is -2.25. The molecule has 0 amide bonds. The van der Waals surface area contributed by atoms with E-state index < -0.39 is 0 Å². The lowest BCUT2D eigenvalue weighted by molar-refractivity contribution is 0.339. The summed E-state index contributed by atoms with van der Waals surface area (Å²) >= 11 is 1.35. The van der Waals surface area contributed by atoms with Crippen LogP contribution in [-0.4, -0.2) is 14.8 Å². The molecule has 2 aromatic heterocycles. The van der Waals surface area contributed by atoms with E-state index in [1.807, 2.05) is 48.5 Å². The van der Waals surface area contributed by atoms with Crippen LogP contribution in [0.25, 0.3) is 22.4 Å². The Balaban J connectivity index is 1.59. The molecule has 1 fully saturated rings. The Hall–Kier alpha value is -2.86. The van der Waals surface area contributed by atoms with E-state index in [0.717, 1.165) is 34.8 Å². The molecule has 146 valence electrons. The minimum Gasteiger partial charge on any atom is -0.422 e. The molecule has 0 saturated heterocycles. The third-order valence-corrected chi connectivity index (χ3v) is 6.41. The van der Waals surface area contributed by atoms with Gasteiger partial charge in [-0.15, -0.1) is 10.2 Å². The molecule has 0 aliphatic heterocycles. The smallest absolute Gasteiger partial charge is 0.350 e. The highest BCUT2D eigenvalue weighted by Gasteiger charge is 2.25. The Morgan fingerprint density at radius 3 is 2.52 bits per heavy atom. The Morgan fingerprint density at radius 2 is 1.69 bits per heavy atom. The minimum atomic E-state index is -0.340. The van der Waals surface area contributed by atoms with E-state index in [-0.39, 0.29) is 5.63 Å². The minimum absolute atomic E-state index is 0.340. The first-order chi connectivity index (χ1) is 14.3. The molecule has 4 aromatic rings. The molecule has 2 aromatic carbocycles. The lowest BCUT2D eigenvalue weighted by atomic mass is 9.95. The maximum absolute atomic E-state index is 12.6. The van der Waals surface area contributed by atoms with Crippen LogP contribution in [-0.2, 0) is 0 Å². The van der Waals surface area contributed by atoms with Crippen LogP contribution >= 0.6 is 11.8 Å². The molecule has 29 heavy (non-hydrogen) atoms. The third kappa shape index (κ3) is 3.60. The van der Waals surface area contributed by atoms with E-state index in [9.17, 15) is 4.79 Å². The zero-order chi connectivity index (χ0) is 19.6. The van der Waals surface area contributed by atoms with E-state index in [1.54, 1.807) is 0 Å². The summed E-state index contributed by atoms with van der Waals surface area (Å²) in [5.41, 5.74) is 1.30. The van der Waals surface area contributed by atoms with Crippen LogP contribution in [0.5, 0.6) is 0 Å².